The molecule has 5 heterocycles. The number of nitrogens with zero attached hydrogens (tertiary/aromatic N) is 5. The summed E-state index contributed by atoms with van der Waals surface area (Å²) < 4.78 is 12.0. The highest BCUT2D eigenvalue weighted by Crippen LogP contribution is 2.54. The van der Waals surface area contributed by atoms with Crippen LogP contribution in [0.5, 0.6) is 0 Å². The largest absolute Gasteiger partial charge is 0.456 e. The standard InChI is InChI=1S/C95H80BN5O/c1-92(2,3)65-36-39-69(40-37-65)98-77-32-21-19-30-71(77)89-82(98)49-63(59-24-15-13-16-25-59)50-83(89)101-81-56-70(99-78-44-34-58(57-97)46-73(78)74-53-67(94(7,8)9)38-45-79(74)99)41-43-76(81)96-75-42-35-62(61-28-23-29-66(47-61)93(4,5)6)48-80(75)100(85-54-68(95(10,11)12)55-86(101)91(85)96)84-51-64(60-26-17-14-18-27-60)52-88-90(84)72-31-20-22-33-87(72)102-88/h13-56H,1-12H3. The van der Waals surface area contributed by atoms with E-state index in [1.54, 1.807) is 0 Å². The second-order valence-corrected chi connectivity index (χ2v) is 32.5. The van der Waals surface area contributed by atoms with Gasteiger partial charge >= 0.3 is 0 Å². The maximum atomic E-state index is 10.5. The first kappa shape index (κ1) is 62.7. The van der Waals surface area contributed by atoms with Crippen molar-refractivity contribution in [1.82, 2.24) is 9.13 Å². The van der Waals surface area contributed by atoms with Crippen molar-refractivity contribution in [2.75, 3.05) is 9.80 Å². The molecular formula is C95H80BN5O. The number of aromatic nitrogens is 2. The SMILES string of the molecule is CC(C)(C)c1ccc(-n2c3ccccc3c3c(N4c5cc(-n6c7ccc(C#N)cc7c7cc(C(C)(C)C)ccc76)ccc5B5c6ccc(-c7cccc(C(C)(C)C)c7)cc6N(c6cc(-c7ccccc7)cc7oc8ccccc8c67)c6cc(C(C)(C)C)cc4c65)cc(-c4ccccc4)cc32)cc1. The molecule has 0 saturated heterocycles. The third-order valence-corrected chi connectivity index (χ3v) is 21.9. The monoisotopic (exact) mass is 1320 g/mol. The van der Waals surface area contributed by atoms with Gasteiger partial charge in [-0.2, -0.15) is 5.26 Å². The van der Waals surface area contributed by atoms with Crippen LogP contribution in [-0.2, 0) is 21.7 Å². The maximum absolute atomic E-state index is 10.5. The molecule has 0 amide bonds. The van der Waals surface area contributed by atoms with Crippen molar-refractivity contribution in [3.8, 4) is 50.8 Å². The number of benzene rings is 13. The van der Waals surface area contributed by atoms with Crippen LogP contribution in [0, 0.1) is 11.3 Å². The van der Waals surface area contributed by atoms with E-state index in [1.807, 2.05) is 6.07 Å². The van der Waals surface area contributed by atoms with Crippen molar-refractivity contribution in [3.05, 3.63) is 295 Å². The van der Waals surface area contributed by atoms with Gasteiger partial charge in [0.15, 0.2) is 0 Å². The molecule has 0 N–H and O–H groups in total. The first-order valence-corrected chi connectivity index (χ1v) is 36.0. The lowest BCUT2D eigenvalue weighted by atomic mass is 9.33. The second-order valence-electron chi connectivity index (χ2n) is 32.5. The van der Waals surface area contributed by atoms with Crippen LogP contribution in [0.2, 0.25) is 0 Å². The molecule has 13 aromatic carbocycles. The van der Waals surface area contributed by atoms with Crippen molar-refractivity contribution in [1.29, 1.82) is 5.26 Å². The summed E-state index contributed by atoms with van der Waals surface area (Å²) in [7, 11) is 0. The van der Waals surface area contributed by atoms with Crippen LogP contribution in [-0.4, -0.2) is 15.8 Å². The van der Waals surface area contributed by atoms with Crippen LogP contribution < -0.4 is 26.2 Å². The topological polar surface area (TPSA) is 53.3 Å². The molecule has 2 aliphatic rings. The van der Waals surface area contributed by atoms with Gasteiger partial charge in [0.05, 0.1) is 50.5 Å². The number of furan rings is 1. The summed E-state index contributed by atoms with van der Waals surface area (Å²) in [5.41, 5.74) is 30.2. The zero-order valence-corrected chi connectivity index (χ0v) is 60.1. The average Bonchev–Trinajstić information content (AvgIpc) is 0.884. The Morgan fingerprint density at radius 1 is 0.304 bits per heavy atom. The Labute approximate surface area is 598 Å². The lowest BCUT2D eigenvalue weighted by molar-refractivity contribution is 0.590. The van der Waals surface area contributed by atoms with Gasteiger partial charge in [0, 0.05) is 61.1 Å². The third kappa shape index (κ3) is 9.96. The van der Waals surface area contributed by atoms with E-state index in [2.05, 4.69) is 369 Å². The molecule has 3 aromatic heterocycles. The smallest absolute Gasteiger partial charge is 0.252 e. The van der Waals surface area contributed by atoms with Crippen LogP contribution in [0.3, 0.4) is 0 Å². The number of hydrogen-bond acceptors (Lipinski definition) is 4. The van der Waals surface area contributed by atoms with E-state index in [0.29, 0.717) is 5.56 Å². The number of anilines is 6. The van der Waals surface area contributed by atoms with Gasteiger partial charge in [0.2, 0.25) is 0 Å². The molecule has 0 bridgehead atoms. The number of fused-ring (bicyclic) bond motifs is 13. The van der Waals surface area contributed by atoms with Gasteiger partial charge in [0.25, 0.3) is 6.71 Å². The predicted molar refractivity (Wildman–Crippen MR) is 432 cm³/mol. The van der Waals surface area contributed by atoms with Gasteiger partial charge in [-0.05, 0) is 203 Å². The van der Waals surface area contributed by atoms with Gasteiger partial charge in [-0.25, -0.2) is 0 Å². The van der Waals surface area contributed by atoms with E-state index in [0.717, 1.165) is 139 Å². The van der Waals surface area contributed by atoms with Crippen molar-refractivity contribution < 1.29 is 4.42 Å². The molecule has 0 saturated carbocycles. The molecule has 2 aliphatic heterocycles. The van der Waals surface area contributed by atoms with E-state index in [4.69, 9.17) is 4.42 Å². The van der Waals surface area contributed by atoms with Crippen LogP contribution in [0.4, 0.5) is 34.1 Å². The normalized spacial score (nSPS) is 13.2. The summed E-state index contributed by atoms with van der Waals surface area (Å²) in [6.07, 6.45) is 0. The Bertz CT molecular complexity index is 6190. The van der Waals surface area contributed by atoms with Crippen LogP contribution in [0.1, 0.15) is 111 Å². The molecule has 0 radical (unpaired) electrons. The predicted octanol–water partition coefficient (Wildman–Crippen LogP) is 23.9. The minimum atomic E-state index is -0.340. The minimum Gasteiger partial charge on any atom is -0.456 e. The fourth-order valence-electron chi connectivity index (χ4n) is 16.5. The Kier molecular flexibility index (Phi) is 14.0. The highest BCUT2D eigenvalue weighted by atomic mass is 16.3. The van der Waals surface area contributed by atoms with Crippen LogP contribution in [0.15, 0.2) is 271 Å². The lowest BCUT2D eigenvalue weighted by Crippen LogP contribution is -2.61. The summed E-state index contributed by atoms with van der Waals surface area (Å²) in [6.45, 7) is 27.5. The van der Waals surface area contributed by atoms with Crippen molar-refractivity contribution in [2.45, 2.75) is 105 Å². The number of para-hydroxylation sites is 2. The summed E-state index contributed by atoms with van der Waals surface area (Å²) in [4.78, 5) is 5.31. The molecule has 0 unspecified atom stereocenters. The average molecular weight is 1320 g/mol. The summed E-state index contributed by atoms with van der Waals surface area (Å²) in [5, 5.41) is 17.2. The van der Waals surface area contributed by atoms with E-state index in [9.17, 15) is 5.26 Å². The molecular weight excluding hydrogens is 1240 g/mol. The Morgan fingerprint density at radius 2 is 0.804 bits per heavy atom. The van der Waals surface area contributed by atoms with Crippen molar-refractivity contribution in [2.24, 2.45) is 0 Å². The first-order valence-electron chi connectivity index (χ1n) is 36.0. The third-order valence-electron chi connectivity index (χ3n) is 21.9. The molecule has 0 spiro atoms. The summed E-state index contributed by atoms with van der Waals surface area (Å²) >= 11 is 0. The molecule has 0 atom stereocenters. The number of hydrogen-bond donors (Lipinski definition) is 0. The minimum absolute atomic E-state index is 0.0281. The van der Waals surface area contributed by atoms with Gasteiger partial charge in [-0.15, -0.1) is 0 Å². The highest BCUT2D eigenvalue weighted by Gasteiger charge is 2.46. The summed E-state index contributed by atoms with van der Waals surface area (Å²) in [5.74, 6) is 0. The van der Waals surface area contributed by atoms with Crippen molar-refractivity contribution >= 4 is 123 Å². The van der Waals surface area contributed by atoms with Crippen LogP contribution >= 0.6 is 0 Å². The Hall–Kier alpha value is -11.6. The fraction of sp³-hybridized carbons (Fsp3) is 0.168. The molecule has 18 rings (SSSR count). The quantitative estimate of drug-likeness (QED) is 0.149. The molecule has 0 fully saturated rings. The van der Waals surface area contributed by atoms with Crippen LogP contribution in [0.25, 0.3) is 110 Å². The van der Waals surface area contributed by atoms with E-state index in [-0.39, 0.29) is 28.4 Å². The molecule has 6 nitrogen and oxygen atoms in total. The van der Waals surface area contributed by atoms with Crippen molar-refractivity contribution in [3.63, 3.8) is 0 Å². The zero-order chi connectivity index (χ0) is 70.0. The lowest BCUT2D eigenvalue weighted by Gasteiger charge is -2.45. The second kappa shape index (κ2) is 22.7. The molecule has 7 heteroatoms. The van der Waals surface area contributed by atoms with Gasteiger partial charge < -0.3 is 23.4 Å². The first-order chi connectivity index (χ1) is 49.0. The highest BCUT2D eigenvalue weighted by molar-refractivity contribution is 7.00. The maximum Gasteiger partial charge on any atom is 0.252 e. The van der Waals surface area contributed by atoms with Gasteiger partial charge in [-0.1, -0.05) is 241 Å². The Balaban J connectivity index is 1.01. The zero-order valence-electron chi connectivity index (χ0n) is 60.1. The molecule has 102 heavy (non-hydrogen) atoms. The van der Waals surface area contributed by atoms with Gasteiger partial charge in [0.1, 0.15) is 11.2 Å². The number of nitriles is 1. The number of rotatable bonds is 7. The summed E-state index contributed by atoms with van der Waals surface area (Å²) in [6, 6.07) is 103. The van der Waals surface area contributed by atoms with Gasteiger partial charge in [-0.3, -0.25) is 0 Å². The Morgan fingerprint density at radius 3 is 1.46 bits per heavy atom. The van der Waals surface area contributed by atoms with E-state index in [1.165, 1.54) is 44.2 Å². The van der Waals surface area contributed by atoms with E-state index < -0.39 is 0 Å². The molecule has 16 aromatic rings. The molecule has 0 aliphatic carbocycles. The van der Waals surface area contributed by atoms with E-state index >= 15 is 0 Å². The molecule has 494 valence electrons. The fourth-order valence-corrected chi connectivity index (χ4v) is 16.5.